The number of halogens is 2. The molecule has 1 nitrogen and oxygen atoms in total. The maximum absolute atomic E-state index is 12.9. The fraction of sp³-hybridized carbons (Fsp3) is 0.200. The largest absolute Gasteiger partial charge is 0.372 e. The summed E-state index contributed by atoms with van der Waals surface area (Å²) < 4.78 is 25.4. The zero-order chi connectivity index (χ0) is 9.68. The molecule has 1 N–H and O–H groups in total. The molecule has 0 aromatic heterocycles. The highest BCUT2D eigenvalue weighted by atomic mass is 19.1. The number of hydrogen-bond acceptors (Lipinski definition) is 1. The van der Waals surface area contributed by atoms with Crippen LogP contribution in [0.25, 0.3) is 0 Å². The molecule has 68 valence electrons. The Morgan fingerprint density at radius 2 is 2.15 bits per heavy atom. The van der Waals surface area contributed by atoms with Crippen molar-refractivity contribution in [2.45, 2.75) is 6.92 Å². The summed E-state index contributed by atoms with van der Waals surface area (Å²) >= 11 is 0. The van der Waals surface area contributed by atoms with Crippen LogP contribution in [0.3, 0.4) is 0 Å². The second-order valence-electron chi connectivity index (χ2n) is 2.40. The van der Waals surface area contributed by atoms with Crippen molar-refractivity contribution in [2.75, 3.05) is 11.9 Å². The van der Waals surface area contributed by atoms with E-state index in [9.17, 15) is 8.78 Å². The highest BCUT2D eigenvalue weighted by molar-refractivity contribution is 5.45. The Hall–Kier alpha value is -1.56. The highest BCUT2D eigenvalue weighted by Crippen LogP contribution is 2.13. The van der Waals surface area contributed by atoms with E-state index in [-0.39, 0.29) is 5.69 Å². The Labute approximate surface area is 75.8 Å². The second-order valence-corrected chi connectivity index (χ2v) is 2.40. The summed E-state index contributed by atoms with van der Waals surface area (Å²) in [5.74, 6) is 4.20. The lowest BCUT2D eigenvalue weighted by molar-refractivity contribution is 0.585. The molecule has 0 aliphatic rings. The number of rotatable bonds is 2. The van der Waals surface area contributed by atoms with Crippen LogP contribution in [-0.4, -0.2) is 6.54 Å². The third kappa shape index (κ3) is 2.75. The topological polar surface area (TPSA) is 12.0 Å². The Morgan fingerprint density at radius 1 is 1.38 bits per heavy atom. The molecule has 1 aromatic rings. The standard InChI is InChI=1S/C10H9F2N/c1-2-3-6-13-10-5-4-8(11)7-9(10)12/h4-5,7,13H,6H2,1H3. The minimum atomic E-state index is -0.599. The van der Waals surface area contributed by atoms with E-state index in [0.717, 1.165) is 6.07 Å². The Balaban J connectivity index is 2.70. The summed E-state index contributed by atoms with van der Waals surface area (Å²) in [7, 11) is 0. The third-order valence-electron chi connectivity index (χ3n) is 1.48. The van der Waals surface area contributed by atoms with Crippen molar-refractivity contribution in [2.24, 2.45) is 0 Å². The smallest absolute Gasteiger partial charge is 0.149 e. The summed E-state index contributed by atoms with van der Waals surface area (Å²) in [6, 6.07) is 3.38. The van der Waals surface area contributed by atoms with Gasteiger partial charge in [-0.1, -0.05) is 5.92 Å². The van der Waals surface area contributed by atoms with Crippen LogP contribution in [0, 0.1) is 23.5 Å². The molecule has 0 heterocycles. The summed E-state index contributed by atoms with van der Waals surface area (Å²) in [5, 5.41) is 2.73. The molecular formula is C10H9F2N. The van der Waals surface area contributed by atoms with Gasteiger partial charge >= 0.3 is 0 Å². The molecule has 0 aliphatic heterocycles. The van der Waals surface area contributed by atoms with Crippen LogP contribution >= 0.6 is 0 Å². The minimum absolute atomic E-state index is 0.268. The highest BCUT2D eigenvalue weighted by Gasteiger charge is 2.00. The first-order valence-corrected chi connectivity index (χ1v) is 3.82. The van der Waals surface area contributed by atoms with E-state index in [1.807, 2.05) is 0 Å². The lowest BCUT2D eigenvalue weighted by Gasteiger charge is -2.02. The zero-order valence-electron chi connectivity index (χ0n) is 7.20. The number of anilines is 1. The molecule has 0 saturated carbocycles. The van der Waals surface area contributed by atoms with Crippen LogP contribution in [-0.2, 0) is 0 Å². The Bertz CT molecular complexity index is 350. The van der Waals surface area contributed by atoms with Gasteiger partial charge < -0.3 is 5.32 Å². The molecule has 1 rings (SSSR count). The molecular weight excluding hydrogens is 172 g/mol. The monoisotopic (exact) mass is 181 g/mol. The van der Waals surface area contributed by atoms with Crippen molar-refractivity contribution < 1.29 is 8.78 Å². The average molecular weight is 181 g/mol. The van der Waals surface area contributed by atoms with Gasteiger partial charge in [-0.15, -0.1) is 5.92 Å². The third-order valence-corrected chi connectivity index (χ3v) is 1.48. The maximum atomic E-state index is 12.9. The molecule has 3 heteroatoms. The van der Waals surface area contributed by atoms with Crippen molar-refractivity contribution >= 4 is 5.69 Å². The summed E-state index contributed by atoms with van der Waals surface area (Å²) in [6.45, 7) is 2.06. The van der Waals surface area contributed by atoms with E-state index in [2.05, 4.69) is 17.2 Å². The summed E-state index contributed by atoms with van der Waals surface area (Å²) in [4.78, 5) is 0. The molecule has 0 aliphatic carbocycles. The predicted octanol–water partition coefficient (Wildman–Crippen LogP) is 2.40. The number of nitrogens with one attached hydrogen (secondary N) is 1. The van der Waals surface area contributed by atoms with Gasteiger partial charge in [0.1, 0.15) is 11.6 Å². The van der Waals surface area contributed by atoms with Crippen molar-refractivity contribution in [3.8, 4) is 11.8 Å². The van der Waals surface area contributed by atoms with Crippen molar-refractivity contribution in [3.63, 3.8) is 0 Å². The molecule has 0 spiro atoms. The van der Waals surface area contributed by atoms with Crippen molar-refractivity contribution in [3.05, 3.63) is 29.8 Å². The molecule has 0 radical (unpaired) electrons. The van der Waals surface area contributed by atoms with Gasteiger partial charge in [0.25, 0.3) is 0 Å². The van der Waals surface area contributed by atoms with Crippen LogP contribution in [0.2, 0.25) is 0 Å². The lowest BCUT2D eigenvalue weighted by Crippen LogP contribution is -2.01. The summed E-state index contributed by atoms with van der Waals surface area (Å²) in [5.41, 5.74) is 0.268. The van der Waals surface area contributed by atoms with Gasteiger partial charge in [-0.25, -0.2) is 8.78 Å². The van der Waals surface area contributed by atoms with Gasteiger partial charge in [0.05, 0.1) is 12.2 Å². The van der Waals surface area contributed by atoms with Gasteiger partial charge in [-0.05, 0) is 19.1 Å². The van der Waals surface area contributed by atoms with Crippen LogP contribution < -0.4 is 5.32 Å². The van der Waals surface area contributed by atoms with E-state index in [1.54, 1.807) is 6.92 Å². The molecule has 0 fully saturated rings. The van der Waals surface area contributed by atoms with Gasteiger partial charge in [-0.2, -0.15) is 0 Å². The quantitative estimate of drug-likeness (QED) is 0.691. The first-order valence-electron chi connectivity index (χ1n) is 3.82. The molecule has 0 unspecified atom stereocenters. The average Bonchev–Trinajstić information content (AvgIpc) is 2.09. The van der Waals surface area contributed by atoms with Crippen LogP contribution in [0.1, 0.15) is 6.92 Å². The van der Waals surface area contributed by atoms with Gasteiger partial charge in [0.15, 0.2) is 0 Å². The normalized spacial score (nSPS) is 8.85. The lowest BCUT2D eigenvalue weighted by atomic mass is 10.3. The van der Waals surface area contributed by atoms with E-state index in [0.29, 0.717) is 6.54 Å². The molecule has 0 atom stereocenters. The predicted molar refractivity (Wildman–Crippen MR) is 48.3 cm³/mol. The summed E-state index contributed by atoms with van der Waals surface area (Å²) in [6.07, 6.45) is 0. The van der Waals surface area contributed by atoms with Crippen molar-refractivity contribution in [1.29, 1.82) is 0 Å². The number of benzene rings is 1. The van der Waals surface area contributed by atoms with E-state index < -0.39 is 11.6 Å². The minimum Gasteiger partial charge on any atom is -0.372 e. The molecule has 0 amide bonds. The molecule has 0 saturated heterocycles. The van der Waals surface area contributed by atoms with E-state index >= 15 is 0 Å². The molecule has 1 aromatic carbocycles. The molecule has 0 bridgehead atoms. The van der Waals surface area contributed by atoms with Crippen molar-refractivity contribution in [1.82, 2.24) is 0 Å². The Kier molecular flexibility index (Phi) is 3.27. The Morgan fingerprint density at radius 3 is 2.77 bits per heavy atom. The maximum Gasteiger partial charge on any atom is 0.149 e. The van der Waals surface area contributed by atoms with E-state index in [1.165, 1.54) is 12.1 Å². The van der Waals surface area contributed by atoms with Crippen LogP contribution in [0.15, 0.2) is 18.2 Å². The number of hydrogen-bond donors (Lipinski definition) is 1. The fourth-order valence-corrected chi connectivity index (χ4v) is 0.861. The second kappa shape index (κ2) is 4.46. The van der Waals surface area contributed by atoms with E-state index in [4.69, 9.17) is 0 Å². The van der Waals surface area contributed by atoms with Gasteiger partial charge in [0, 0.05) is 6.07 Å². The zero-order valence-corrected chi connectivity index (χ0v) is 7.20. The van der Waals surface area contributed by atoms with Gasteiger partial charge in [-0.3, -0.25) is 0 Å². The first-order chi connectivity index (χ1) is 6.24. The van der Waals surface area contributed by atoms with Crippen LogP contribution in [0.4, 0.5) is 14.5 Å². The first kappa shape index (κ1) is 9.53. The fourth-order valence-electron chi connectivity index (χ4n) is 0.861. The van der Waals surface area contributed by atoms with Gasteiger partial charge in [0.2, 0.25) is 0 Å². The SMILES string of the molecule is CC#CCNc1ccc(F)cc1F. The molecule has 13 heavy (non-hydrogen) atoms. The van der Waals surface area contributed by atoms with Crippen LogP contribution in [0.5, 0.6) is 0 Å².